The fraction of sp³-hybridized carbons (Fsp3) is 0.468. The molecule has 2 nitrogen and oxygen atoms in total. The summed E-state index contributed by atoms with van der Waals surface area (Å²) in [4.78, 5) is 5.19. The molecule has 0 heterocycles. The average molecular weight is 1270 g/mol. The van der Waals surface area contributed by atoms with Crippen molar-refractivity contribution in [2.45, 2.75) is 261 Å². The lowest BCUT2D eigenvalue weighted by molar-refractivity contribution is -0.0105. The van der Waals surface area contributed by atoms with Crippen molar-refractivity contribution >= 4 is 55.7 Å². The Morgan fingerprint density at radius 2 is 0.562 bits per heavy atom. The van der Waals surface area contributed by atoms with Crippen molar-refractivity contribution in [1.82, 2.24) is 0 Å². The van der Waals surface area contributed by atoms with Crippen LogP contribution >= 0.6 is 0 Å². The minimum atomic E-state index is -0.0401. The van der Waals surface area contributed by atoms with Crippen molar-refractivity contribution in [3.05, 3.63) is 214 Å². The minimum absolute atomic E-state index is 0.00351. The Morgan fingerprint density at radius 3 is 0.885 bits per heavy atom. The molecule has 0 atom stereocenters. The number of unbranched alkanes of at least 4 members (excludes halogenated alkanes) is 10. The van der Waals surface area contributed by atoms with Gasteiger partial charge < -0.3 is 9.80 Å². The van der Waals surface area contributed by atoms with Crippen LogP contribution < -0.4 is 9.80 Å². The third-order valence-corrected chi connectivity index (χ3v) is 29.5. The molecule has 9 aromatic carbocycles. The lowest BCUT2D eigenvalue weighted by Gasteiger charge is -2.56. The van der Waals surface area contributed by atoms with Crippen LogP contribution in [0.15, 0.2) is 170 Å². The van der Waals surface area contributed by atoms with Gasteiger partial charge in [-0.25, -0.2) is 0 Å². The molecule has 0 radical (unpaired) electrons. The van der Waals surface area contributed by atoms with Gasteiger partial charge in [0.25, 0.3) is 0 Å². The van der Waals surface area contributed by atoms with E-state index in [2.05, 4.69) is 318 Å². The molecule has 0 fully saturated rings. The second-order valence-corrected chi connectivity index (χ2v) is 35.0. The van der Waals surface area contributed by atoms with Crippen LogP contribution in [0.3, 0.4) is 0 Å². The standard InChI is InChI=1S/C94H116N2/c1-21-23-25-27-29-37-49-71-72(50-38-30-28-26-24-22-2)76-62-68(96(66-45-35-32-36-46-66)82-52-42-40-48-70(82)64-59-79-84-80(60-64)88(9,10)92(17,18)94(84,20)91(15,16)87(79,7)8)54-56-74(76)73-55-53-67(61-75(71)73)95(65-43-33-31-34-44-65)81-51-41-39-47-69(81)63-57-77-83-78(58-63)86(5,6)90(13,14)93(83,19)89(11,12)85(77,3)4/h31-36,39-48,51-62H,21-30,37-38,49-50H2,1-20H3. The van der Waals surface area contributed by atoms with Gasteiger partial charge in [0.15, 0.2) is 0 Å². The van der Waals surface area contributed by atoms with Crippen LogP contribution in [0, 0.1) is 21.7 Å². The van der Waals surface area contributed by atoms with E-state index in [0.717, 1.165) is 12.8 Å². The zero-order valence-electron chi connectivity index (χ0n) is 63.0. The number of fused-ring (bicyclic) bond motifs is 3. The molecule has 2 heteroatoms. The largest absolute Gasteiger partial charge is 0.310 e. The molecule has 96 heavy (non-hydrogen) atoms. The molecule has 0 N–H and O–H groups in total. The Balaban J connectivity index is 1.02. The number of benzene rings is 9. The van der Waals surface area contributed by atoms with E-state index < -0.39 is 0 Å². The molecule has 0 unspecified atom stereocenters. The van der Waals surface area contributed by atoms with Crippen molar-refractivity contribution in [2.75, 3.05) is 9.80 Å². The highest BCUT2D eigenvalue weighted by molar-refractivity contribution is 6.13. The molecular formula is C94H116N2. The average Bonchev–Trinajstić information content (AvgIpc) is 1.48. The number of rotatable bonds is 22. The molecule has 0 bridgehead atoms. The summed E-state index contributed by atoms with van der Waals surface area (Å²) in [5, 5.41) is 5.50. The Hall–Kier alpha value is -6.90. The number of para-hydroxylation sites is 4. The van der Waals surface area contributed by atoms with Gasteiger partial charge in [-0.2, -0.15) is 0 Å². The molecule has 13 rings (SSSR count). The molecule has 0 amide bonds. The molecule has 502 valence electrons. The van der Waals surface area contributed by atoms with Crippen molar-refractivity contribution in [1.29, 1.82) is 0 Å². The van der Waals surface area contributed by atoms with Crippen LogP contribution in [0.25, 0.3) is 43.8 Å². The predicted octanol–water partition coefficient (Wildman–Crippen LogP) is 27.9. The molecule has 0 saturated heterocycles. The lowest BCUT2D eigenvalue weighted by atomic mass is 9.47. The predicted molar refractivity (Wildman–Crippen MR) is 418 cm³/mol. The summed E-state index contributed by atoms with van der Waals surface area (Å²) in [6, 6.07) is 66.9. The highest BCUT2D eigenvalue weighted by atomic mass is 15.2. The van der Waals surface area contributed by atoms with Crippen molar-refractivity contribution in [2.24, 2.45) is 21.7 Å². The van der Waals surface area contributed by atoms with Gasteiger partial charge in [0.05, 0.1) is 11.4 Å². The van der Waals surface area contributed by atoms with E-state index >= 15 is 0 Å². The van der Waals surface area contributed by atoms with Gasteiger partial charge >= 0.3 is 0 Å². The minimum Gasteiger partial charge on any atom is -0.310 e. The van der Waals surface area contributed by atoms with E-state index in [1.165, 1.54) is 177 Å². The summed E-state index contributed by atoms with van der Waals surface area (Å²) < 4.78 is 0. The van der Waals surface area contributed by atoms with Gasteiger partial charge in [-0.05, 0) is 207 Å². The Kier molecular flexibility index (Phi) is 16.9. The normalized spacial score (nSPS) is 19.2. The van der Waals surface area contributed by atoms with E-state index in [0.29, 0.717) is 0 Å². The number of hydrogen-bond donors (Lipinski definition) is 0. The number of aryl methyl sites for hydroxylation is 2. The maximum atomic E-state index is 2.62. The van der Waals surface area contributed by atoms with Gasteiger partial charge in [0.2, 0.25) is 0 Å². The number of anilines is 6. The van der Waals surface area contributed by atoms with Gasteiger partial charge in [0, 0.05) is 44.7 Å². The first kappa shape index (κ1) is 67.7. The number of nitrogens with zero attached hydrogens (tertiary/aromatic N) is 2. The van der Waals surface area contributed by atoms with E-state index in [1.807, 2.05) is 0 Å². The first-order valence-electron chi connectivity index (χ1n) is 37.7. The highest BCUT2D eigenvalue weighted by Crippen LogP contribution is 2.78. The van der Waals surface area contributed by atoms with Crippen LogP contribution in [0.5, 0.6) is 0 Å². The zero-order chi connectivity index (χ0) is 68.6. The molecule has 9 aromatic rings. The summed E-state index contributed by atoms with van der Waals surface area (Å²) in [6.07, 6.45) is 17.3. The summed E-state index contributed by atoms with van der Waals surface area (Å²) in [6.45, 7) is 50.6. The van der Waals surface area contributed by atoms with Gasteiger partial charge in [-0.15, -0.1) is 0 Å². The van der Waals surface area contributed by atoms with Crippen molar-refractivity contribution < 1.29 is 0 Å². The van der Waals surface area contributed by atoms with Crippen molar-refractivity contribution in [3.63, 3.8) is 0 Å². The lowest BCUT2D eigenvalue weighted by Crippen LogP contribution is -2.55. The van der Waals surface area contributed by atoms with Crippen LogP contribution in [-0.4, -0.2) is 0 Å². The molecule has 0 saturated carbocycles. The summed E-state index contributed by atoms with van der Waals surface area (Å²) in [5.41, 5.74) is 24.7. The monoisotopic (exact) mass is 1270 g/mol. The molecule has 4 aliphatic rings. The third-order valence-electron chi connectivity index (χ3n) is 29.5. The van der Waals surface area contributed by atoms with Crippen LogP contribution in [-0.2, 0) is 45.3 Å². The van der Waals surface area contributed by atoms with E-state index in [9.17, 15) is 0 Å². The highest BCUT2D eigenvalue weighted by Gasteiger charge is 2.74. The fourth-order valence-corrected chi connectivity index (χ4v) is 20.5. The Labute approximate surface area is 581 Å². The zero-order valence-corrected chi connectivity index (χ0v) is 63.0. The second-order valence-electron chi connectivity index (χ2n) is 35.0. The first-order valence-corrected chi connectivity index (χ1v) is 37.7. The molecule has 0 spiro atoms. The van der Waals surface area contributed by atoms with Crippen LogP contribution in [0.4, 0.5) is 34.1 Å². The van der Waals surface area contributed by atoms with Gasteiger partial charge in [-0.1, -0.05) is 312 Å². The first-order chi connectivity index (χ1) is 45.4. The van der Waals surface area contributed by atoms with E-state index in [4.69, 9.17) is 0 Å². The summed E-state index contributed by atoms with van der Waals surface area (Å²) in [7, 11) is 0. The summed E-state index contributed by atoms with van der Waals surface area (Å²) in [5.74, 6) is 0. The molecule has 0 aromatic heterocycles. The molecular weight excluding hydrogens is 1160 g/mol. The molecule has 0 aliphatic heterocycles. The van der Waals surface area contributed by atoms with Gasteiger partial charge in [0.1, 0.15) is 0 Å². The second kappa shape index (κ2) is 23.9. The van der Waals surface area contributed by atoms with Crippen LogP contribution in [0.2, 0.25) is 0 Å². The maximum absolute atomic E-state index is 2.62. The summed E-state index contributed by atoms with van der Waals surface area (Å²) >= 11 is 0. The van der Waals surface area contributed by atoms with E-state index in [-0.39, 0.29) is 54.1 Å². The smallest absolute Gasteiger partial charge is 0.0540 e. The fourth-order valence-electron chi connectivity index (χ4n) is 20.5. The van der Waals surface area contributed by atoms with Crippen molar-refractivity contribution in [3.8, 4) is 22.3 Å². The Morgan fingerprint density at radius 1 is 0.271 bits per heavy atom. The Bertz CT molecular complexity index is 4040. The van der Waals surface area contributed by atoms with Gasteiger partial charge in [-0.3, -0.25) is 0 Å². The SMILES string of the molecule is CCCCCCCCc1c(CCCCCCCC)c2cc(N(c3ccccc3)c3ccccc3-c3cc4c5c(c3)C(C)(C)C(C)(C)C5(C)C(C)(C)C4(C)C)ccc2c2ccc(N(c3ccccc3)c3ccccc3-c3cc4c5c(c3)C(C)(C)C(C)(C)C5(C)C(C)(C)C4(C)C)cc12. The molecule has 4 aliphatic carbocycles. The van der Waals surface area contributed by atoms with Crippen LogP contribution in [0.1, 0.15) is 260 Å². The van der Waals surface area contributed by atoms with E-state index in [1.54, 1.807) is 22.3 Å². The maximum Gasteiger partial charge on any atom is 0.0540 e. The quantitative estimate of drug-likeness (QED) is 0.0493. The topological polar surface area (TPSA) is 6.48 Å². The number of hydrogen-bond acceptors (Lipinski definition) is 2. The third kappa shape index (κ3) is 9.47.